The number of para-hydroxylation sites is 1. The van der Waals surface area contributed by atoms with Gasteiger partial charge < -0.3 is 25.0 Å². The molecule has 2 aromatic rings. The Balaban J connectivity index is 1.31. The van der Waals surface area contributed by atoms with E-state index in [2.05, 4.69) is 76.2 Å². The van der Waals surface area contributed by atoms with Gasteiger partial charge in [-0.05, 0) is 57.0 Å². The van der Waals surface area contributed by atoms with Crippen molar-refractivity contribution in [2.75, 3.05) is 57.2 Å². The van der Waals surface area contributed by atoms with Crippen LogP contribution >= 0.6 is 0 Å². The molecule has 8 nitrogen and oxygen atoms in total. The van der Waals surface area contributed by atoms with Gasteiger partial charge in [0, 0.05) is 62.3 Å². The molecule has 2 saturated heterocycles. The van der Waals surface area contributed by atoms with Gasteiger partial charge in [0.2, 0.25) is 0 Å². The summed E-state index contributed by atoms with van der Waals surface area (Å²) in [6.07, 6.45) is 4.04. The van der Waals surface area contributed by atoms with Crippen molar-refractivity contribution in [1.29, 1.82) is 0 Å². The smallest absolute Gasteiger partial charge is 0.136 e. The number of fused-ring (bicyclic) bond motifs is 1. The number of methoxy groups -OCH3 is 1. The molecule has 2 fully saturated rings. The Hall–Kier alpha value is -2.36. The van der Waals surface area contributed by atoms with E-state index in [-0.39, 0.29) is 18.6 Å². The van der Waals surface area contributed by atoms with Gasteiger partial charge in [-0.2, -0.15) is 0 Å². The third kappa shape index (κ3) is 4.93. The lowest BCUT2D eigenvalue weighted by Gasteiger charge is -2.52. The molecule has 4 N–H and O–H groups in total. The summed E-state index contributed by atoms with van der Waals surface area (Å²) >= 11 is 0. The van der Waals surface area contributed by atoms with Gasteiger partial charge >= 0.3 is 0 Å². The summed E-state index contributed by atoms with van der Waals surface area (Å²) in [6.45, 7) is 4.52. The summed E-state index contributed by atoms with van der Waals surface area (Å²) in [4.78, 5) is 9.36. The summed E-state index contributed by atoms with van der Waals surface area (Å²) < 4.78 is 11.7. The van der Waals surface area contributed by atoms with Crippen molar-refractivity contribution >= 4 is 11.4 Å². The lowest BCUT2D eigenvalue weighted by Crippen LogP contribution is -2.65. The van der Waals surface area contributed by atoms with Gasteiger partial charge in [-0.15, -0.1) is 0 Å². The molecule has 3 heterocycles. The number of hydrogen-bond acceptors (Lipinski definition) is 8. The fourth-order valence-corrected chi connectivity index (χ4v) is 6.21. The van der Waals surface area contributed by atoms with E-state index < -0.39 is 0 Å². The minimum Gasteiger partial charge on any atom is -0.496 e. The summed E-state index contributed by atoms with van der Waals surface area (Å²) in [7, 11) is 5.93. The van der Waals surface area contributed by atoms with Crippen LogP contribution in [0.4, 0.5) is 11.4 Å². The van der Waals surface area contributed by atoms with Crippen LogP contribution in [0.5, 0.6) is 5.75 Å². The van der Waals surface area contributed by atoms with Crippen LogP contribution in [-0.4, -0.2) is 75.7 Å². The molecule has 3 aliphatic rings. The van der Waals surface area contributed by atoms with Crippen LogP contribution in [0.15, 0.2) is 42.5 Å². The van der Waals surface area contributed by atoms with Crippen LogP contribution in [-0.2, 0) is 11.3 Å². The van der Waals surface area contributed by atoms with E-state index in [4.69, 9.17) is 20.9 Å². The predicted octanol–water partition coefficient (Wildman–Crippen LogP) is 2.93. The number of nitrogens with two attached hydrogens (primary N) is 2. The second kappa shape index (κ2) is 10.9. The molecule has 196 valence electrons. The first kappa shape index (κ1) is 25.3. The average Bonchev–Trinajstić information content (AvgIpc) is 3.41. The van der Waals surface area contributed by atoms with Crippen molar-refractivity contribution in [3.63, 3.8) is 0 Å². The van der Waals surface area contributed by atoms with Crippen LogP contribution in [0.25, 0.3) is 0 Å². The van der Waals surface area contributed by atoms with E-state index in [9.17, 15) is 0 Å². The largest absolute Gasteiger partial charge is 0.496 e. The molecule has 0 radical (unpaired) electrons. The standard InChI is InChI=1S/C28H42N6O2/c1-31(2)24-11-6-12-26(35-3)23(24)19-32-15-13-20(14-16-32)34-27(29)22-9-4-5-10-25(22)33(28(34)30)18-21-8-7-17-36-21/h4-6,9-12,20-21,27-28H,7-8,13-19,29-30H2,1-3H3. The summed E-state index contributed by atoms with van der Waals surface area (Å²) in [6, 6.07) is 15.1. The highest BCUT2D eigenvalue weighted by molar-refractivity contribution is 5.59. The van der Waals surface area contributed by atoms with Crippen LogP contribution in [0.1, 0.15) is 43.0 Å². The molecule has 0 aliphatic carbocycles. The molecular formula is C28H42N6O2. The first-order valence-corrected chi connectivity index (χ1v) is 13.3. The maximum Gasteiger partial charge on any atom is 0.136 e. The predicted molar refractivity (Wildman–Crippen MR) is 145 cm³/mol. The Bertz CT molecular complexity index is 1020. The molecule has 5 rings (SSSR count). The van der Waals surface area contributed by atoms with Crippen molar-refractivity contribution in [2.24, 2.45) is 11.5 Å². The fourth-order valence-electron chi connectivity index (χ4n) is 6.21. The number of nitrogens with zero attached hydrogens (tertiary/aromatic N) is 4. The molecule has 3 atom stereocenters. The van der Waals surface area contributed by atoms with Gasteiger partial charge in [0.25, 0.3) is 0 Å². The Morgan fingerprint density at radius 3 is 2.50 bits per heavy atom. The van der Waals surface area contributed by atoms with Gasteiger partial charge in [-0.3, -0.25) is 10.6 Å². The molecule has 2 aromatic carbocycles. The maximum absolute atomic E-state index is 6.97. The lowest BCUT2D eigenvalue weighted by atomic mass is 9.97. The van der Waals surface area contributed by atoms with Gasteiger partial charge in [0.15, 0.2) is 0 Å². The van der Waals surface area contributed by atoms with Crippen LogP contribution in [0, 0.1) is 0 Å². The molecule has 36 heavy (non-hydrogen) atoms. The van der Waals surface area contributed by atoms with E-state index in [0.717, 1.165) is 75.5 Å². The fraction of sp³-hybridized carbons (Fsp3) is 0.571. The first-order chi connectivity index (χ1) is 17.5. The van der Waals surface area contributed by atoms with Crippen molar-refractivity contribution in [2.45, 2.75) is 56.8 Å². The van der Waals surface area contributed by atoms with Crippen molar-refractivity contribution in [1.82, 2.24) is 9.80 Å². The number of piperidine rings is 1. The molecule has 0 amide bonds. The SMILES string of the molecule is COc1cccc(N(C)C)c1CN1CCC(N2C(N)c3ccccc3N(CC3CCCO3)C2N)CC1. The highest BCUT2D eigenvalue weighted by Crippen LogP contribution is 2.39. The zero-order chi connectivity index (χ0) is 25.2. The van der Waals surface area contributed by atoms with E-state index in [1.54, 1.807) is 7.11 Å². The molecule has 8 heteroatoms. The van der Waals surface area contributed by atoms with Crippen molar-refractivity contribution < 1.29 is 9.47 Å². The first-order valence-electron chi connectivity index (χ1n) is 13.3. The molecule has 0 aromatic heterocycles. The molecule has 3 aliphatic heterocycles. The highest BCUT2D eigenvalue weighted by Gasteiger charge is 2.41. The summed E-state index contributed by atoms with van der Waals surface area (Å²) in [5.74, 6) is 0.949. The Labute approximate surface area is 215 Å². The highest BCUT2D eigenvalue weighted by atomic mass is 16.5. The van der Waals surface area contributed by atoms with Crippen LogP contribution in [0.2, 0.25) is 0 Å². The van der Waals surface area contributed by atoms with Crippen molar-refractivity contribution in [3.8, 4) is 5.75 Å². The Kier molecular flexibility index (Phi) is 7.69. The summed E-state index contributed by atoms with van der Waals surface area (Å²) in [5.41, 5.74) is 18.6. The van der Waals surface area contributed by atoms with E-state index in [1.165, 1.54) is 11.3 Å². The average molecular weight is 495 g/mol. The zero-order valence-electron chi connectivity index (χ0n) is 22.0. The van der Waals surface area contributed by atoms with Gasteiger partial charge in [-0.1, -0.05) is 24.3 Å². The number of likely N-dealkylation sites (tertiary alicyclic amines) is 1. The van der Waals surface area contributed by atoms with E-state index in [0.29, 0.717) is 6.04 Å². The molecule has 0 spiro atoms. The Morgan fingerprint density at radius 2 is 1.81 bits per heavy atom. The summed E-state index contributed by atoms with van der Waals surface area (Å²) in [5, 5.41) is 0. The minimum absolute atomic E-state index is 0.206. The minimum atomic E-state index is -0.259. The van der Waals surface area contributed by atoms with Gasteiger partial charge in [0.05, 0.1) is 19.4 Å². The van der Waals surface area contributed by atoms with Crippen molar-refractivity contribution in [3.05, 3.63) is 53.6 Å². The van der Waals surface area contributed by atoms with E-state index in [1.807, 2.05) is 0 Å². The molecule has 0 saturated carbocycles. The third-order valence-corrected chi connectivity index (χ3v) is 8.11. The molecule has 0 bridgehead atoms. The number of ether oxygens (including phenoxy) is 2. The normalized spacial score (nSPS) is 25.7. The number of benzene rings is 2. The Morgan fingerprint density at radius 1 is 1.03 bits per heavy atom. The second-order valence-corrected chi connectivity index (χ2v) is 10.5. The molecule has 3 unspecified atom stereocenters. The number of anilines is 2. The van der Waals surface area contributed by atoms with E-state index >= 15 is 0 Å². The third-order valence-electron chi connectivity index (χ3n) is 8.11. The van der Waals surface area contributed by atoms with Crippen LogP contribution < -0.4 is 26.0 Å². The van der Waals surface area contributed by atoms with Gasteiger partial charge in [0.1, 0.15) is 12.0 Å². The topological polar surface area (TPSA) is 83.5 Å². The number of rotatable bonds is 7. The van der Waals surface area contributed by atoms with Gasteiger partial charge in [-0.25, -0.2) is 4.90 Å². The zero-order valence-corrected chi connectivity index (χ0v) is 22.0. The van der Waals surface area contributed by atoms with Crippen LogP contribution in [0.3, 0.4) is 0 Å². The quantitative estimate of drug-likeness (QED) is 0.608. The maximum atomic E-state index is 6.97. The second-order valence-electron chi connectivity index (χ2n) is 10.5. The number of hydrogen-bond donors (Lipinski definition) is 2. The lowest BCUT2D eigenvalue weighted by molar-refractivity contribution is 0.0226. The monoisotopic (exact) mass is 494 g/mol. The molecular weight excluding hydrogens is 452 g/mol.